The molecule has 0 saturated heterocycles. The van der Waals surface area contributed by atoms with Crippen molar-refractivity contribution in [2.24, 2.45) is 0 Å². The van der Waals surface area contributed by atoms with Gasteiger partial charge in [0, 0.05) is 11.3 Å². The van der Waals surface area contributed by atoms with Crippen molar-refractivity contribution in [3.63, 3.8) is 0 Å². The fourth-order valence-electron chi connectivity index (χ4n) is 2.07. The molecule has 0 aliphatic heterocycles. The Labute approximate surface area is 99.7 Å². The molecule has 2 heterocycles. The summed E-state index contributed by atoms with van der Waals surface area (Å²) in [5.74, 6) is 0.904. The van der Waals surface area contributed by atoms with Crippen LogP contribution in [0, 0.1) is 13.8 Å². The molecule has 0 atom stereocenters. The fourth-order valence-corrected chi connectivity index (χ4v) is 2.07. The minimum Gasteiger partial charge on any atom is -0.280 e. The molecule has 3 nitrogen and oxygen atoms in total. The lowest BCUT2D eigenvalue weighted by Gasteiger charge is -2.04. The molecule has 0 aliphatic carbocycles. The van der Waals surface area contributed by atoms with Gasteiger partial charge in [-0.15, -0.1) is 10.2 Å². The van der Waals surface area contributed by atoms with Crippen LogP contribution in [0.15, 0.2) is 42.5 Å². The smallest absolute Gasteiger partial charge is 0.168 e. The van der Waals surface area contributed by atoms with E-state index in [1.165, 1.54) is 5.56 Å². The molecule has 3 rings (SSSR count). The van der Waals surface area contributed by atoms with E-state index in [9.17, 15) is 0 Å². The summed E-state index contributed by atoms with van der Waals surface area (Å²) < 4.78 is 2.08. The van der Waals surface area contributed by atoms with E-state index < -0.39 is 0 Å². The Hall–Kier alpha value is -2.16. The Kier molecular flexibility index (Phi) is 2.18. The SMILES string of the molecule is Cc1cccc(-c2nnc3cccc(C)n23)c1. The largest absolute Gasteiger partial charge is 0.280 e. The van der Waals surface area contributed by atoms with Gasteiger partial charge in [-0.25, -0.2) is 0 Å². The number of hydrogen-bond donors (Lipinski definition) is 0. The van der Waals surface area contributed by atoms with Crippen molar-refractivity contribution in [1.82, 2.24) is 14.6 Å². The minimum absolute atomic E-state index is 0.890. The number of nitrogens with zero attached hydrogens (tertiary/aromatic N) is 3. The molecule has 2 aromatic heterocycles. The van der Waals surface area contributed by atoms with Gasteiger partial charge in [-0.3, -0.25) is 4.40 Å². The number of aromatic nitrogens is 3. The van der Waals surface area contributed by atoms with E-state index in [0.29, 0.717) is 0 Å². The Morgan fingerprint density at radius 3 is 2.59 bits per heavy atom. The number of rotatable bonds is 1. The highest BCUT2D eigenvalue weighted by atomic mass is 15.2. The molecule has 0 spiro atoms. The third kappa shape index (κ3) is 1.60. The van der Waals surface area contributed by atoms with Gasteiger partial charge in [0.1, 0.15) is 0 Å². The van der Waals surface area contributed by atoms with Crippen LogP contribution < -0.4 is 0 Å². The second-order valence-electron chi connectivity index (χ2n) is 4.25. The zero-order valence-electron chi connectivity index (χ0n) is 9.88. The van der Waals surface area contributed by atoms with Gasteiger partial charge in [0.2, 0.25) is 0 Å². The van der Waals surface area contributed by atoms with Gasteiger partial charge < -0.3 is 0 Å². The van der Waals surface area contributed by atoms with Crippen LogP contribution in [-0.4, -0.2) is 14.6 Å². The maximum atomic E-state index is 4.28. The molecule has 3 heteroatoms. The van der Waals surface area contributed by atoms with Crippen molar-refractivity contribution in [2.75, 3.05) is 0 Å². The first kappa shape index (κ1) is 10.0. The molecule has 0 radical (unpaired) electrons. The zero-order chi connectivity index (χ0) is 11.8. The summed E-state index contributed by atoms with van der Waals surface area (Å²) in [6.07, 6.45) is 0. The molecule has 0 fully saturated rings. The summed E-state index contributed by atoms with van der Waals surface area (Å²) >= 11 is 0. The second-order valence-corrected chi connectivity index (χ2v) is 4.25. The predicted octanol–water partition coefficient (Wildman–Crippen LogP) is 3.01. The number of hydrogen-bond acceptors (Lipinski definition) is 2. The summed E-state index contributed by atoms with van der Waals surface area (Å²) in [6.45, 7) is 4.15. The topological polar surface area (TPSA) is 30.2 Å². The molecule has 0 amide bonds. The average Bonchev–Trinajstić information content (AvgIpc) is 2.74. The molecule has 1 aromatic carbocycles. The van der Waals surface area contributed by atoms with E-state index in [0.717, 1.165) is 22.7 Å². The van der Waals surface area contributed by atoms with Crippen LogP contribution in [0.5, 0.6) is 0 Å². The van der Waals surface area contributed by atoms with E-state index >= 15 is 0 Å². The third-order valence-electron chi connectivity index (χ3n) is 2.90. The van der Waals surface area contributed by atoms with E-state index in [1.54, 1.807) is 0 Å². The van der Waals surface area contributed by atoms with Crippen LogP contribution in [0.1, 0.15) is 11.3 Å². The second kappa shape index (κ2) is 3.70. The van der Waals surface area contributed by atoms with Gasteiger partial charge in [0.15, 0.2) is 11.5 Å². The van der Waals surface area contributed by atoms with Crippen molar-refractivity contribution in [3.8, 4) is 11.4 Å². The Morgan fingerprint density at radius 2 is 1.76 bits per heavy atom. The molecule has 3 aromatic rings. The standard InChI is InChI=1S/C14H13N3/c1-10-5-3-7-12(9-10)14-16-15-13-8-4-6-11(2)17(13)14/h3-9H,1-2H3. The summed E-state index contributed by atoms with van der Waals surface area (Å²) in [7, 11) is 0. The Bertz CT molecular complexity index is 683. The molecule has 0 saturated carbocycles. The lowest BCUT2D eigenvalue weighted by molar-refractivity contribution is 1.08. The predicted molar refractivity (Wildman–Crippen MR) is 67.9 cm³/mol. The maximum absolute atomic E-state index is 4.28. The monoisotopic (exact) mass is 223 g/mol. The highest BCUT2D eigenvalue weighted by Gasteiger charge is 2.08. The molecule has 0 aliphatic rings. The van der Waals surface area contributed by atoms with Crippen LogP contribution in [-0.2, 0) is 0 Å². The van der Waals surface area contributed by atoms with Gasteiger partial charge in [-0.05, 0) is 32.0 Å². The van der Waals surface area contributed by atoms with Crippen LogP contribution in [0.25, 0.3) is 17.0 Å². The minimum atomic E-state index is 0.890. The van der Waals surface area contributed by atoms with Crippen LogP contribution in [0.3, 0.4) is 0 Å². The molecule has 0 unspecified atom stereocenters. The summed E-state index contributed by atoms with van der Waals surface area (Å²) in [6, 6.07) is 14.4. The first-order valence-corrected chi connectivity index (χ1v) is 5.63. The molecule has 0 bridgehead atoms. The highest BCUT2D eigenvalue weighted by Crippen LogP contribution is 2.20. The van der Waals surface area contributed by atoms with E-state index in [2.05, 4.69) is 52.7 Å². The maximum Gasteiger partial charge on any atom is 0.168 e. The number of benzene rings is 1. The van der Waals surface area contributed by atoms with E-state index in [4.69, 9.17) is 0 Å². The third-order valence-corrected chi connectivity index (χ3v) is 2.90. The lowest BCUT2D eigenvalue weighted by Crippen LogP contribution is -1.93. The van der Waals surface area contributed by atoms with E-state index in [1.807, 2.05) is 18.2 Å². The Balaban J connectivity index is 2.31. The summed E-state index contributed by atoms with van der Waals surface area (Å²) in [5.41, 5.74) is 4.37. The first-order chi connectivity index (χ1) is 8.25. The van der Waals surface area contributed by atoms with Gasteiger partial charge in [-0.1, -0.05) is 29.8 Å². The highest BCUT2D eigenvalue weighted by molar-refractivity contribution is 5.60. The van der Waals surface area contributed by atoms with Crippen LogP contribution in [0.4, 0.5) is 0 Å². The molecular weight excluding hydrogens is 210 g/mol. The number of aryl methyl sites for hydroxylation is 2. The van der Waals surface area contributed by atoms with Crippen LogP contribution >= 0.6 is 0 Å². The van der Waals surface area contributed by atoms with Gasteiger partial charge in [-0.2, -0.15) is 0 Å². The van der Waals surface area contributed by atoms with Crippen molar-refractivity contribution < 1.29 is 0 Å². The van der Waals surface area contributed by atoms with Crippen molar-refractivity contribution in [3.05, 3.63) is 53.7 Å². The van der Waals surface area contributed by atoms with Crippen molar-refractivity contribution in [2.45, 2.75) is 13.8 Å². The van der Waals surface area contributed by atoms with Gasteiger partial charge >= 0.3 is 0 Å². The molecule has 0 N–H and O–H groups in total. The summed E-state index contributed by atoms with van der Waals surface area (Å²) in [5, 5.41) is 8.48. The van der Waals surface area contributed by atoms with Crippen LogP contribution in [0.2, 0.25) is 0 Å². The fraction of sp³-hybridized carbons (Fsp3) is 0.143. The normalized spacial score (nSPS) is 10.9. The van der Waals surface area contributed by atoms with E-state index in [-0.39, 0.29) is 0 Å². The lowest BCUT2D eigenvalue weighted by atomic mass is 10.1. The molecule has 17 heavy (non-hydrogen) atoms. The number of pyridine rings is 1. The average molecular weight is 223 g/mol. The zero-order valence-corrected chi connectivity index (χ0v) is 9.88. The van der Waals surface area contributed by atoms with Crippen molar-refractivity contribution in [1.29, 1.82) is 0 Å². The molecular formula is C14H13N3. The summed E-state index contributed by atoms with van der Waals surface area (Å²) in [4.78, 5) is 0. The first-order valence-electron chi connectivity index (χ1n) is 5.63. The molecule has 84 valence electrons. The quantitative estimate of drug-likeness (QED) is 0.634. The van der Waals surface area contributed by atoms with Gasteiger partial charge in [0.05, 0.1) is 0 Å². The Morgan fingerprint density at radius 1 is 0.941 bits per heavy atom. The number of fused-ring (bicyclic) bond motifs is 1. The van der Waals surface area contributed by atoms with Gasteiger partial charge in [0.25, 0.3) is 0 Å². The van der Waals surface area contributed by atoms with Crippen molar-refractivity contribution >= 4 is 5.65 Å².